The van der Waals surface area contributed by atoms with Crippen LogP contribution in [0, 0.1) is 47.3 Å². The maximum atomic E-state index is 13.0. The molecule has 0 radical (unpaired) electrons. The van der Waals surface area contributed by atoms with E-state index in [1.165, 1.54) is 37.7 Å². The molecule has 1 aromatic rings. The molecule has 0 aromatic carbocycles. The summed E-state index contributed by atoms with van der Waals surface area (Å²) < 4.78 is 5.22. The molecule has 7 aliphatic carbocycles. The third kappa shape index (κ3) is 1.82. The van der Waals surface area contributed by atoms with Crippen LogP contribution in [0.1, 0.15) is 44.6 Å². The Hall–Kier alpha value is -1.68. The molecule has 28 heavy (non-hydrogen) atoms. The molecule has 9 rings (SSSR count). The van der Waals surface area contributed by atoms with Crippen molar-refractivity contribution in [2.45, 2.75) is 39.0 Å². The standard InChI is InChI=1S/C24H24O3S/c1-10(12-2-3-28-9-12)19-22(24(26)27-23(19)25)20-13-7-15-14-4-11-5-17(15)21(20)18(6-11)16(14)8-13/h2-3,9,11,13-18,21H,4-8H2,1H3/b19-10+,22-20+/t11?,13?,14?,15-,16-,17+,18+,21?/m0/s1. The van der Waals surface area contributed by atoms with Gasteiger partial charge in [-0.3, -0.25) is 0 Å². The van der Waals surface area contributed by atoms with Crippen LogP contribution in [0.2, 0.25) is 0 Å². The first kappa shape index (κ1) is 16.2. The number of allylic oxidation sites excluding steroid dienone is 2. The Morgan fingerprint density at radius 2 is 1.64 bits per heavy atom. The van der Waals surface area contributed by atoms with Crippen LogP contribution in [-0.2, 0) is 14.3 Å². The van der Waals surface area contributed by atoms with Crippen LogP contribution in [0.4, 0.5) is 0 Å². The summed E-state index contributed by atoms with van der Waals surface area (Å²) in [5.41, 5.74) is 4.51. The van der Waals surface area contributed by atoms with E-state index in [-0.39, 0.29) is 5.97 Å². The lowest BCUT2D eigenvalue weighted by atomic mass is 9.34. The van der Waals surface area contributed by atoms with Gasteiger partial charge in [-0.15, -0.1) is 0 Å². The van der Waals surface area contributed by atoms with Crippen molar-refractivity contribution in [3.05, 3.63) is 39.1 Å². The van der Waals surface area contributed by atoms with Gasteiger partial charge in [0.25, 0.3) is 0 Å². The Kier molecular flexibility index (Phi) is 3.04. The van der Waals surface area contributed by atoms with E-state index in [9.17, 15) is 9.59 Å². The topological polar surface area (TPSA) is 43.4 Å². The number of esters is 2. The van der Waals surface area contributed by atoms with Crippen LogP contribution in [0.3, 0.4) is 0 Å². The van der Waals surface area contributed by atoms with Gasteiger partial charge in [0.1, 0.15) is 0 Å². The summed E-state index contributed by atoms with van der Waals surface area (Å²) in [5, 5.41) is 4.08. The SMILES string of the molecule is C/C(=C1\C(=O)OC(=O)\C1=C1/C2C[C@H]3C4CC5C[C@H]3C1[C@H](C5)[C@H]4C2)c1ccsc1. The Balaban J connectivity index is 1.45. The highest BCUT2D eigenvalue weighted by molar-refractivity contribution is 7.08. The fourth-order valence-electron chi connectivity index (χ4n) is 8.66. The molecule has 1 saturated heterocycles. The zero-order chi connectivity index (χ0) is 18.7. The molecule has 3 nitrogen and oxygen atoms in total. The summed E-state index contributed by atoms with van der Waals surface area (Å²) in [4.78, 5) is 25.7. The zero-order valence-corrected chi connectivity index (χ0v) is 16.8. The second-order valence-electron chi connectivity index (χ2n) is 10.1. The number of rotatable bonds is 1. The maximum Gasteiger partial charge on any atom is 0.347 e. The molecule has 1 aliphatic heterocycles. The highest BCUT2D eigenvalue weighted by atomic mass is 32.1. The van der Waals surface area contributed by atoms with Gasteiger partial charge in [0, 0.05) is 0 Å². The van der Waals surface area contributed by atoms with Crippen molar-refractivity contribution in [2.75, 3.05) is 0 Å². The quantitative estimate of drug-likeness (QED) is 0.390. The van der Waals surface area contributed by atoms with Gasteiger partial charge in [-0.2, -0.15) is 11.3 Å². The summed E-state index contributed by atoms with van der Waals surface area (Å²) in [6, 6.07) is 2.03. The number of ether oxygens (including phenoxy) is 1. The third-order valence-corrected chi connectivity index (χ3v) is 10.00. The van der Waals surface area contributed by atoms with E-state index >= 15 is 0 Å². The molecule has 8 aliphatic rings. The number of hydrogen-bond acceptors (Lipinski definition) is 4. The molecule has 0 amide bonds. The monoisotopic (exact) mass is 392 g/mol. The number of cyclic esters (lactones) is 2. The molecule has 0 spiro atoms. The van der Waals surface area contributed by atoms with E-state index in [0.717, 1.165) is 46.6 Å². The zero-order valence-electron chi connectivity index (χ0n) is 16.0. The van der Waals surface area contributed by atoms with Crippen LogP contribution < -0.4 is 0 Å². The van der Waals surface area contributed by atoms with E-state index in [1.54, 1.807) is 11.3 Å². The van der Waals surface area contributed by atoms with E-state index in [4.69, 9.17) is 4.74 Å². The van der Waals surface area contributed by atoms with E-state index < -0.39 is 5.97 Å². The molecule has 0 N–H and O–H groups in total. The minimum absolute atomic E-state index is 0.375. The van der Waals surface area contributed by atoms with Gasteiger partial charge in [0.2, 0.25) is 0 Å². The van der Waals surface area contributed by atoms with Gasteiger partial charge in [-0.1, -0.05) is 0 Å². The molecule has 2 heterocycles. The summed E-state index contributed by atoms with van der Waals surface area (Å²) in [7, 11) is 0. The highest BCUT2D eigenvalue weighted by Crippen LogP contribution is 2.73. The number of carbonyl (C=O) groups excluding carboxylic acids is 2. The molecular weight excluding hydrogens is 368 g/mol. The average Bonchev–Trinajstić information content (AvgIpc) is 3.32. The van der Waals surface area contributed by atoms with Crippen LogP contribution in [0.25, 0.3) is 5.57 Å². The van der Waals surface area contributed by atoms with Crippen LogP contribution in [-0.4, -0.2) is 11.9 Å². The van der Waals surface area contributed by atoms with Crippen LogP contribution in [0.15, 0.2) is 33.5 Å². The first-order valence-electron chi connectivity index (χ1n) is 10.9. The van der Waals surface area contributed by atoms with E-state index in [1.807, 2.05) is 18.4 Å². The number of carbonyl (C=O) groups is 2. The predicted molar refractivity (Wildman–Crippen MR) is 106 cm³/mol. The van der Waals surface area contributed by atoms with Crippen molar-refractivity contribution in [1.82, 2.24) is 0 Å². The van der Waals surface area contributed by atoms with Gasteiger partial charge in [0.05, 0.1) is 11.1 Å². The molecule has 4 heteroatoms. The molecule has 1 aromatic heterocycles. The predicted octanol–water partition coefficient (Wildman–Crippen LogP) is 4.85. The van der Waals surface area contributed by atoms with Crippen molar-refractivity contribution >= 4 is 28.8 Å². The van der Waals surface area contributed by atoms with E-state index in [0.29, 0.717) is 23.0 Å². The Labute approximate surface area is 168 Å². The summed E-state index contributed by atoms with van der Waals surface area (Å²) in [5.74, 6) is 5.37. The molecule has 144 valence electrons. The maximum absolute atomic E-state index is 13.0. The lowest BCUT2D eigenvalue weighted by molar-refractivity contribution is -0.177. The van der Waals surface area contributed by atoms with Gasteiger partial charge >= 0.3 is 11.9 Å². The lowest BCUT2D eigenvalue weighted by Gasteiger charge is -2.70. The summed E-state index contributed by atoms with van der Waals surface area (Å²) in [6.07, 6.45) is 6.66. The van der Waals surface area contributed by atoms with Crippen molar-refractivity contribution in [2.24, 2.45) is 47.3 Å². The van der Waals surface area contributed by atoms with Crippen LogP contribution >= 0.6 is 11.3 Å². The van der Waals surface area contributed by atoms with Crippen molar-refractivity contribution in [3.8, 4) is 0 Å². The highest BCUT2D eigenvalue weighted by Gasteiger charge is 2.66. The van der Waals surface area contributed by atoms with Gasteiger partial charge in [-0.25, -0.2) is 9.59 Å². The third-order valence-electron chi connectivity index (χ3n) is 9.31. The minimum atomic E-state index is -0.432. The summed E-state index contributed by atoms with van der Waals surface area (Å²) in [6.45, 7) is 1.98. The first-order valence-corrected chi connectivity index (χ1v) is 11.8. The van der Waals surface area contributed by atoms with Crippen LogP contribution in [0.5, 0.6) is 0 Å². The van der Waals surface area contributed by atoms with Gasteiger partial charge in [0.15, 0.2) is 0 Å². The number of hydrogen-bond donors (Lipinski definition) is 0. The summed E-state index contributed by atoms with van der Waals surface area (Å²) >= 11 is 1.62. The molecular formula is C24H24O3S. The second kappa shape index (κ2) is 5.27. The normalized spacial score (nSPS) is 49.3. The fourth-order valence-corrected chi connectivity index (χ4v) is 9.37. The molecule has 8 bridgehead atoms. The fraction of sp³-hybridized carbons (Fsp3) is 0.583. The van der Waals surface area contributed by atoms with Crippen molar-refractivity contribution < 1.29 is 14.3 Å². The average molecular weight is 393 g/mol. The van der Waals surface area contributed by atoms with E-state index in [2.05, 4.69) is 5.38 Å². The smallest absolute Gasteiger partial charge is 0.347 e. The number of thiophene rings is 1. The molecule has 8 fully saturated rings. The Morgan fingerprint density at radius 3 is 2.32 bits per heavy atom. The molecule has 4 atom stereocenters. The lowest BCUT2D eigenvalue weighted by Crippen LogP contribution is -2.63. The van der Waals surface area contributed by atoms with Crippen molar-refractivity contribution in [1.29, 1.82) is 0 Å². The molecule has 7 saturated carbocycles. The minimum Gasteiger partial charge on any atom is -0.386 e. The first-order chi connectivity index (χ1) is 13.6. The Bertz CT molecular complexity index is 959. The Morgan fingerprint density at radius 1 is 0.964 bits per heavy atom. The van der Waals surface area contributed by atoms with Gasteiger partial charge < -0.3 is 4.74 Å². The molecule has 0 unspecified atom stereocenters. The van der Waals surface area contributed by atoms with Gasteiger partial charge in [-0.05, 0) is 120 Å². The van der Waals surface area contributed by atoms with Crippen molar-refractivity contribution in [3.63, 3.8) is 0 Å². The second-order valence-corrected chi connectivity index (χ2v) is 10.9. The largest absolute Gasteiger partial charge is 0.386 e.